The van der Waals surface area contributed by atoms with Crippen molar-refractivity contribution in [1.82, 2.24) is 23.7 Å². The van der Waals surface area contributed by atoms with Crippen LogP contribution in [0.15, 0.2) is 43.7 Å². The van der Waals surface area contributed by atoms with Gasteiger partial charge in [-0.1, -0.05) is 34.8 Å². The molecule has 0 spiro atoms. The molecule has 22 heteroatoms. The van der Waals surface area contributed by atoms with Gasteiger partial charge in [0.2, 0.25) is 14.8 Å². The molecule has 0 fully saturated rings. The van der Waals surface area contributed by atoms with E-state index < -0.39 is 34.0 Å². The Kier molecular flexibility index (Phi) is 12.2. The van der Waals surface area contributed by atoms with Crippen molar-refractivity contribution in [1.29, 1.82) is 0 Å². The van der Waals surface area contributed by atoms with E-state index in [2.05, 4.69) is 19.6 Å². The maximum atomic E-state index is 14.3. The molecule has 0 unspecified atom stereocenters. The van der Waals surface area contributed by atoms with Crippen LogP contribution in [0.1, 0.15) is 25.2 Å². The monoisotopic (exact) mass is 789 g/mol. The van der Waals surface area contributed by atoms with Crippen molar-refractivity contribution in [3.63, 3.8) is 0 Å². The molecule has 0 bridgehead atoms. The van der Waals surface area contributed by atoms with Gasteiger partial charge < -0.3 is 4.74 Å². The summed E-state index contributed by atoms with van der Waals surface area (Å²) in [5, 5.41) is 3.83. The molecule has 1 N–H and O–H groups in total. The molecule has 1 aliphatic rings. The fourth-order valence-corrected chi connectivity index (χ4v) is 7.39. The van der Waals surface area contributed by atoms with Crippen LogP contribution in [0.4, 0.5) is 24.5 Å². The maximum absolute atomic E-state index is 14.3. The minimum atomic E-state index is -3.65. The van der Waals surface area contributed by atoms with Crippen LogP contribution >= 0.6 is 57.9 Å². The van der Waals surface area contributed by atoms with Crippen molar-refractivity contribution in [2.75, 3.05) is 23.8 Å². The highest BCUT2D eigenvalue weighted by Crippen LogP contribution is 2.34. The molecule has 2 aromatic carbocycles. The van der Waals surface area contributed by atoms with Crippen LogP contribution in [0.25, 0.3) is 5.69 Å². The number of thioether (sulfide) groups is 1. The van der Waals surface area contributed by atoms with Gasteiger partial charge in [-0.05, 0) is 55.4 Å². The van der Waals surface area contributed by atoms with E-state index in [9.17, 15) is 36.0 Å². The number of carbonyl (C=O) groups excluding carboxylic acids is 1. The third-order valence-corrected chi connectivity index (χ3v) is 9.95. The van der Waals surface area contributed by atoms with Gasteiger partial charge in [-0.25, -0.2) is 31.8 Å². The van der Waals surface area contributed by atoms with Crippen LogP contribution in [0.3, 0.4) is 0 Å². The van der Waals surface area contributed by atoms with Gasteiger partial charge in [0, 0.05) is 18.0 Å². The normalized spacial score (nSPS) is 13.2. The number of carbonyl (C=O) groups is 1. The Morgan fingerprint density at radius 2 is 1.77 bits per heavy atom. The second-order valence-electron chi connectivity index (χ2n) is 9.86. The molecule has 0 saturated heterocycles. The van der Waals surface area contributed by atoms with Crippen LogP contribution in [-0.2, 0) is 32.6 Å². The molecule has 0 aliphatic carbocycles. The second kappa shape index (κ2) is 15.5. The number of hydrogen-bond acceptors (Lipinski definition) is 10. The fourth-order valence-electron chi connectivity index (χ4n) is 4.27. The first-order valence-electron chi connectivity index (χ1n) is 13.5. The lowest BCUT2D eigenvalue weighted by atomic mass is 10.3. The summed E-state index contributed by atoms with van der Waals surface area (Å²) < 4.78 is 73.5. The Morgan fingerprint density at radius 1 is 1.10 bits per heavy atom. The molecular formula is C26H25Cl3F3N7O6S3. The van der Waals surface area contributed by atoms with E-state index in [4.69, 9.17) is 34.8 Å². The lowest BCUT2D eigenvalue weighted by Gasteiger charge is -2.15. The Morgan fingerprint density at radius 3 is 2.38 bits per heavy atom. The third kappa shape index (κ3) is 8.86. The minimum absolute atomic E-state index is 0.0257. The number of esters is 1. The summed E-state index contributed by atoms with van der Waals surface area (Å²) in [6, 6.07) is 4.95. The van der Waals surface area contributed by atoms with Crippen molar-refractivity contribution in [3.8, 4) is 5.69 Å². The summed E-state index contributed by atoms with van der Waals surface area (Å²) in [6.45, 7) is -0.523. The Balaban J connectivity index is 0.000000218. The number of aromatic nitrogens is 5. The van der Waals surface area contributed by atoms with Crippen LogP contribution in [0.5, 0.6) is 0 Å². The second-order valence-corrected chi connectivity index (χ2v) is 14.8. The number of hydrogen-bond donors (Lipinski definition) is 1. The highest BCUT2D eigenvalue weighted by atomic mass is 35.5. The first-order valence-corrected chi connectivity index (χ1v) is 18.3. The first kappa shape index (κ1) is 37.6. The molecule has 0 atom stereocenters. The molecule has 3 heterocycles. The zero-order valence-electron chi connectivity index (χ0n) is 25.0. The molecular weight excluding hydrogens is 766 g/mol. The molecule has 260 valence electrons. The summed E-state index contributed by atoms with van der Waals surface area (Å²) in [7, 11) is -2.35. The maximum Gasteiger partial charge on any atom is 0.355 e. The zero-order chi connectivity index (χ0) is 35.5. The topological polar surface area (TPSA) is 152 Å². The van der Waals surface area contributed by atoms with E-state index in [0.29, 0.717) is 27.5 Å². The van der Waals surface area contributed by atoms with Gasteiger partial charge in [-0.2, -0.15) is 13.5 Å². The van der Waals surface area contributed by atoms with Crippen LogP contribution < -0.4 is 20.1 Å². The molecule has 5 rings (SSSR count). The van der Waals surface area contributed by atoms with Gasteiger partial charge >= 0.3 is 23.1 Å². The number of nitrogens with zero attached hydrogens (tertiary/aromatic N) is 6. The number of methoxy groups -OCH3 is 1. The smallest absolute Gasteiger partial charge is 0.355 e. The predicted molar refractivity (Wildman–Crippen MR) is 177 cm³/mol. The lowest BCUT2D eigenvalue weighted by molar-refractivity contribution is -0.137. The van der Waals surface area contributed by atoms with Gasteiger partial charge in [0.25, 0.3) is 0 Å². The van der Waals surface area contributed by atoms with Crippen LogP contribution in [0.2, 0.25) is 15.1 Å². The number of ether oxygens (including phenoxy) is 1. The van der Waals surface area contributed by atoms with E-state index >= 15 is 0 Å². The Labute approximate surface area is 293 Å². The number of halogens is 6. The van der Waals surface area contributed by atoms with Crippen LogP contribution in [0, 0.1) is 12.7 Å². The molecule has 13 nitrogen and oxygen atoms in total. The lowest BCUT2D eigenvalue weighted by Crippen LogP contribution is -2.31. The predicted octanol–water partition coefficient (Wildman–Crippen LogP) is 5.21. The minimum Gasteiger partial charge on any atom is -0.468 e. The van der Waals surface area contributed by atoms with Gasteiger partial charge in [0.1, 0.15) is 17.3 Å². The van der Waals surface area contributed by atoms with Crippen molar-refractivity contribution in [2.45, 2.75) is 44.3 Å². The van der Waals surface area contributed by atoms with Crippen LogP contribution in [-0.4, -0.2) is 57.2 Å². The number of nitrogens with one attached hydrogen (secondary N) is 1. The standard InChI is InChI=1S/C15H15ClFN3O3S2.C11H10Cl2F2N4O3S/c1-23-13(21)8-24-12-7-11(10(17)6-9(12)16)18-14-19-4-2-3-5-20(19)15(22)25-14;1-5-16-19(11(20)18(5)10(14)15)9-4-8(17-23(2,21)22)6(12)3-7(9)13/h6-7H,2-5,8H2,1H3;3-4,10,17H,1-2H3. The number of anilines is 1. The van der Waals surface area contributed by atoms with Crippen molar-refractivity contribution < 1.29 is 31.1 Å². The zero-order valence-corrected chi connectivity index (χ0v) is 29.8. The quantitative estimate of drug-likeness (QED) is 0.189. The molecule has 1 aliphatic heterocycles. The average molecular weight is 791 g/mol. The van der Waals surface area contributed by atoms with Gasteiger partial charge in [-0.15, -0.1) is 16.9 Å². The molecule has 48 heavy (non-hydrogen) atoms. The number of sulfonamides is 1. The number of alkyl halides is 2. The van der Waals surface area contributed by atoms with Gasteiger partial charge in [0.05, 0.1) is 45.6 Å². The van der Waals surface area contributed by atoms with E-state index in [1.165, 1.54) is 26.2 Å². The Bertz CT molecular complexity index is 2160. The number of aryl methyl sites for hydroxylation is 1. The number of benzene rings is 2. The molecule has 0 radical (unpaired) electrons. The SMILES string of the molecule is COC(=O)CSc1cc(N=c2sc(=O)n3n2CCCC3)c(F)cc1Cl.Cc1nn(-c2cc(NS(C)(=O)=O)c(Cl)cc2Cl)c(=O)n1C(F)F. The molecule has 0 amide bonds. The van der Waals surface area contributed by atoms with E-state index in [1.807, 2.05) is 0 Å². The highest BCUT2D eigenvalue weighted by Gasteiger charge is 2.21. The number of fused-ring (bicyclic) bond motifs is 1. The molecule has 4 aromatic rings. The molecule has 0 saturated carbocycles. The summed E-state index contributed by atoms with van der Waals surface area (Å²) >= 11 is 20.0. The summed E-state index contributed by atoms with van der Waals surface area (Å²) in [4.78, 5) is 40.5. The van der Waals surface area contributed by atoms with E-state index in [1.54, 1.807) is 9.36 Å². The largest absolute Gasteiger partial charge is 0.468 e. The summed E-state index contributed by atoms with van der Waals surface area (Å²) in [6.07, 6.45) is 2.80. The Hall–Kier alpha value is -3.23. The molecule has 2 aromatic heterocycles. The van der Waals surface area contributed by atoms with E-state index in [-0.39, 0.29) is 53.1 Å². The van der Waals surface area contributed by atoms with Gasteiger partial charge in [0.15, 0.2) is 0 Å². The number of rotatable bonds is 8. The summed E-state index contributed by atoms with van der Waals surface area (Å²) in [5.74, 6) is -1.15. The fraction of sp³-hybridized carbons (Fsp3) is 0.346. The average Bonchev–Trinajstić information content (AvgIpc) is 3.48. The van der Waals surface area contributed by atoms with Crippen molar-refractivity contribution in [2.24, 2.45) is 4.99 Å². The van der Waals surface area contributed by atoms with Crippen molar-refractivity contribution >= 4 is 85.3 Å². The highest BCUT2D eigenvalue weighted by molar-refractivity contribution is 8.00. The first-order chi connectivity index (χ1) is 22.5. The van der Waals surface area contributed by atoms with Gasteiger partial charge in [-0.3, -0.25) is 19.0 Å². The van der Waals surface area contributed by atoms with E-state index in [0.717, 1.165) is 54.3 Å². The summed E-state index contributed by atoms with van der Waals surface area (Å²) in [5.41, 5.74) is -1.19. The van der Waals surface area contributed by atoms with Crippen molar-refractivity contribution in [3.05, 3.63) is 75.9 Å². The third-order valence-electron chi connectivity index (χ3n) is 6.42.